The van der Waals surface area contributed by atoms with Gasteiger partial charge in [-0.2, -0.15) is 0 Å². The molecule has 2 aromatic heterocycles. The number of nitrogens with zero attached hydrogens (tertiary/aromatic N) is 2. The van der Waals surface area contributed by atoms with E-state index in [4.69, 9.17) is 4.74 Å². The van der Waals surface area contributed by atoms with Crippen LogP contribution in [0.15, 0.2) is 60.8 Å². The molecule has 1 fully saturated rings. The van der Waals surface area contributed by atoms with E-state index in [2.05, 4.69) is 59.6 Å². The summed E-state index contributed by atoms with van der Waals surface area (Å²) < 4.78 is 5.35. The van der Waals surface area contributed by atoms with E-state index in [0.717, 1.165) is 47.0 Å². The smallest absolute Gasteiger partial charge is 0.252 e. The minimum Gasteiger partial charge on any atom is -0.497 e. The molecule has 0 radical (unpaired) electrons. The van der Waals surface area contributed by atoms with Crippen LogP contribution in [0.2, 0.25) is 0 Å². The first-order valence-electron chi connectivity index (χ1n) is 11.5. The fourth-order valence-corrected chi connectivity index (χ4v) is 5.61. The van der Waals surface area contributed by atoms with Gasteiger partial charge in [-0.1, -0.05) is 12.1 Å². The Hall–Kier alpha value is -3.22. The van der Waals surface area contributed by atoms with Gasteiger partial charge in [0.1, 0.15) is 5.75 Å². The number of pyridine rings is 1. The summed E-state index contributed by atoms with van der Waals surface area (Å²) in [6, 6.07) is 18.5. The largest absolute Gasteiger partial charge is 0.497 e. The number of hydrogen-bond donors (Lipinski definition) is 1. The molecular weight excluding hydrogens is 442 g/mol. The average Bonchev–Trinajstić information content (AvgIpc) is 3.46. The van der Waals surface area contributed by atoms with E-state index in [1.807, 2.05) is 48.7 Å². The van der Waals surface area contributed by atoms with Crippen LogP contribution in [0, 0.1) is 6.92 Å². The molecule has 1 aliphatic rings. The van der Waals surface area contributed by atoms with Crippen molar-refractivity contribution >= 4 is 28.1 Å². The van der Waals surface area contributed by atoms with Crippen LogP contribution in [0.25, 0.3) is 21.3 Å². The van der Waals surface area contributed by atoms with E-state index in [1.54, 1.807) is 7.11 Å². The summed E-state index contributed by atoms with van der Waals surface area (Å²) >= 11 is 1.81. The number of carbonyl (C=O) groups is 1. The fraction of sp³-hybridized carbons (Fsp3) is 0.286. The quantitative estimate of drug-likeness (QED) is 0.372. The van der Waals surface area contributed by atoms with Gasteiger partial charge in [-0.05, 0) is 93.0 Å². The molecule has 0 atom stereocenters. The Labute approximate surface area is 204 Å². The van der Waals surface area contributed by atoms with E-state index < -0.39 is 0 Å². The molecule has 34 heavy (non-hydrogen) atoms. The van der Waals surface area contributed by atoms with Gasteiger partial charge in [0.15, 0.2) is 0 Å². The normalized spacial score (nSPS) is 14.4. The van der Waals surface area contributed by atoms with Crippen molar-refractivity contribution < 1.29 is 9.53 Å². The second-order valence-corrected chi connectivity index (χ2v) is 10.5. The monoisotopic (exact) mass is 471 g/mol. The fourth-order valence-electron chi connectivity index (χ4n) is 4.49. The minimum absolute atomic E-state index is 0.0688. The van der Waals surface area contributed by atoms with Gasteiger partial charge in [0, 0.05) is 33.4 Å². The number of thiophene rings is 1. The van der Waals surface area contributed by atoms with E-state index in [1.165, 1.54) is 9.75 Å². The molecule has 5 nitrogen and oxygen atoms in total. The van der Waals surface area contributed by atoms with Crippen molar-refractivity contribution in [2.45, 2.75) is 31.8 Å². The molecule has 0 spiro atoms. The number of ether oxygens (including phenoxy) is 1. The Balaban J connectivity index is 1.54. The number of hydrogen-bond acceptors (Lipinski definition) is 5. The van der Waals surface area contributed by atoms with Crippen LogP contribution < -0.4 is 10.1 Å². The van der Waals surface area contributed by atoms with Gasteiger partial charge in [-0.15, -0.1) is 11.3 Å². The van der Waals surface area contributed by atoms with Crippen LogP contribution in [0.5, 0.6) is 5.75 Å². The van der Waals surface area contributed by atoms with E-state index in [9.17, 15) is 4.79 Å². The number of benzene rings is 2. The van der Waals surface area contributed by atoms with Crippen molar-refractivity contribution in [1.82, 2.24) is 15.2 Å². The van der Waals surface area contributed by atoms with Crippen LogP contribution in [0.1, 0.15) is 39.2 Å². The maximum atomic E-state index is 13.4. The number of carbonyl (C=O) groups excluding carboxylic acids is 1. The van der Waals surface area contributed by atoms with Gasteiger partial charge in [0.25, 0.3) is 5.91 Å². The maximum Gasteiger partial charge on any atom is 0.252 e. The number of rotatable bonds is 7. The number of aryl methyl sites for hydroxylation is 1. The Bertz CT molecular complexity index is 1370. The van der Waals surface area contributed by atoms with Crippen molar-refractivity contribution in [2.75, 3.05) is 21.2 Å². The van der Waals surface area contributed by atoms with Gasteiger partial charge < -0.3 is 15.0 Å². The molecule has 6 heteroatoms. The van der Waals surface area contributed by atoms with Crippen LogP contribution in [0.4, 0.5) is 0 Å². The summed E-state index contributed by atoms with van der Waals surface area (Å²) in [7, 11) is 5.79. The number of methoxy groups -OCH3 is 1. The molecule has 2 aromatic carbocycles. The highest BCUT2D eigenvalue weighted by Gasteiger charge is 2.47. The first-order chi connectivity index (χ1) is 16.4. The van der Waals surface area contributed by atoms with E-state index in [0.29, 0.717) is 11.3 Å². The van der Waals surface area contributed by atoms with Gasteiger partial charge >= 0.3 is 0 Å². The highest BCUT2D eigenvalue weighted by atomic mass is 32.1. The number of aromatic nitrogens is 1. The number of nitrogens with one attached hydrogen (secondary N) is 1. The Morgan fingerprint density at radius 1 is 1.15 bits per heavy atom. The lowest BCUT2D eigenvalue weighted by atomic mass is 9.95. The lowest BCUT2D eigenvalue weighted by molar-refractivity contribution is 0.0930. The van der Waals surface area contributed by atoms with Gasteiger partial charge in [0.2, 0.25) is 0 Å². The third-order valence-electron chi connectivity index (χ3n) is 6.45. The highest BCUT2D eigenvalue weighted by Crippen LogP contribution is 2.49. The Kier molecular flexibility index (Phi) is 5.88. The second-order valence-electron chi connectivity index (χ2n) is 9.31. The number of amides is 1. The summed E-state index contributed by atoms with van der Waals surface area (Å²) in [6.45, 7) is 2.87. The lowest BCUT2D eigenvalue weighted by Gasteiger charge is -2.22. The Morgan fingerprint density at radius 2 is 1.97 bits per heavy atom. The molecule has 4 aromatic rings. The molecule has 1 saturated carbocycles. The van der Waals surface area contributed by atoms with Crippen molar-refractivity contribution in [1.29, 1.82) is 0 Å². The summed E-state index contributed by atoms with van der Waals surface area (Å²) in [4.78, 5) is 22.8. The molecule has 0 unspecified atom stereocenters. The van der Waals surface area contributed by atoms with Gasteiger partial charge in [0.05, 0.1) is 18.2 Å². The van der Waals surface area contributed by atoms with Gasteiger partial charge in [-0.3, -0.25) is 9.78 Å². The molecule has 0 saturated heterocycles. The van der Waals surface area contributed by atoms with Crippen LogP contribution in [-0.2, 0) is 12.1 Å². The van der Waals surface area contributed by atoms with Gasteiger partial charge in [-0.25, -0.2) is 0 Å². The minimum atomic E-state index is -0.381. The zero-order valence-corrected chi connectivity index (χ0v) is 20.8. The molecule has 1 amide bonds. The summed E-state index contributed by atoms with van der Waals surface area (Å²) in [6.07, 6.45) is 3.65. The summed E-state index contributed by atoms with van der Waals surface area (Å²) in [5.74, 6) is 0.615. The molecule has 0 bridgehead atoms. The van der Waals surface area contributed by atoms with Crippen molar-refractivity contribution in [3.8, 4) is 16.2 Å². The molecular formula is C28H29N3O2S. The second kappa shape index (κ2) is 8.85. The third kappa shape index (κ3) is 4.31. The zero-order valence-electron chi connectivity index (χ0n) is 20.0. The highest BCUT2D eigenvalue weighted by molar-refractivity contribution is 7.15. The average molecular weight is 472 g/mol. The molecule has 5 rings (SSSR count). The van der Waals surface area contributed by atoms with E-state index >= 15 is 0 Å². The standard InChI is InChI=1S/C28H29N3O2S/c1-18-7-8-20(33-4)16-23(18)27(32)30-28(11-12-28)24-14-19(15-25-22(24)6-5-13-29-25)26-10-9-21(34-26)17-31(2)3/h5-10,13-16H,11-12,17H2,1-4H3,(H,30,32). The van der Waals surface area contributed by atoms with Crippen molar-refractivity contribution in [3.63, 3.8) is 0 Å². The molecule has 0 aliphatic heterocycles. The van der Waals surface area contributed by atoms with Crippen LogP contribution in [-0.4, -0.2) is 37.0 Å². The SMILES string of the molecule is COc1ccc(C)c(C(=O)NC2(c3cc(-c4ccc(CN(C)C)s4)cc4ncccc34)CC2)c1. The van der Waals surface area contributed by atoms with Crippen LogP contribution in [0.3, 0.4) is 0 Å². The topological polar surface area (TPSA) is 54.5 Å². The van der Waals surface area contributed by atoms with Crippen molar-refractivity contribution in [3.05, 3.63) is 82.4 Å². The molecule has 2 heterocycles. The summed E-state index contributed by atoms with van der Waals surface area (Å²) in [5.41, 5.74) is 4.44. The lowest BCUT2D eigenvalue weighted by Crippen LogP contribution is -2.35. The predicted molar refractivity (Wildman–Crippen MR) is 139 cm³/mol. The first-order valence-corrected chi connectivity index (χ1v) is 12.3. The van der Waals surface area contributed by atoms with E-state index in [-0.39, 0.29) is 11.4 Å². The predicted octanol–water partition coefficient (Wildman–Crippen LogP) is 5.76. The molecule has 1 N–H and O–H groups in total. The molecule has 174 valence electrons. The van der Waals surface area contributed by atoms with Crippen LogP contribution >= 0.6 is 11.3 Å². The summed E-state index contributed by atoms with van der Waals surface area (Å²) in [5, 5.41) is 4.46. The Morgan fingerprint density at radius 3 is 2.71 bits per heavy atom. The third-order valence-corrected chi connectivity index (χ3v) is 7.57. The number of fused-ring (bicyclic) bond motifs is 1. The maximum absolute atomic E-state index is 13.4. The molecule has 1 aliphatic carbocycles. The zero-order chi connectivity index (χ0) is 23.9. The van der Waals surface area contributed by atoms with Crippen molar-refractivity contribution in [2.24, 2.45) is 0 Å². The first kappa shape index (κ1) is 22.6.